The Morgan fingerprint density at radius 2 is 1.89 bits per heavy atom. The first-order valence-corrected chi connectivity index (χ1v) is 6.89. The van der Waals surface area contributed by atoms with E-state index in [1.165, 1.54) is 4.90 Å². The third-order valence-corrected chi connectivity index (χ3v) is 4.68. The van der Waals surface area contributed by atoms with Crippen molar-refractivity contribution >= 4 is 33.6 Å². The molecule has 2 aliphatic rings. The smallest absolute Gasteiger partial charge is 0.238 e. The quantitative estimate of drug-likeness (QED) is 0.749. The van der Waals surface area contributed by atoms with Gasteiger partial charge in [0.2, 0.25) is 11.8 Å². The van der Waals surface area contributed by atoms with E-state index >= 15 is 0 Å². The third-order valence-electron chi connectivity index (χ3n) is 3.85. The van der Waals surface area contributed by atoms with Gasteiger partial charge in [-0.3, -0.25) is 9.59 Å². The van der Waals surface area contributed by atoms with Gasteiger partial charge in [-0.05, 0) is 47.3 Å². The van der Waals surface area contributed by atoms with Crippen LogP contribution in [-0.2, 0) is 9.59 Å². The molecule has 2 heterocycles. The van der Waals surface area contributed by atoms with E-state index in [1.54, 1.807) is 12.3 Å². The van der Waals surface area contributed by atoms with E-state index < -0.39 is 0 Å². The van der Waals surface area contributed by atoms with Gasteiger partial charge < -0.3 is 0 Å². The molecule has 0 spiro atoms. The molecule has 2 atom stereocenters. The van der Waals surface area contributed by atoms with Gasteiger partial charge in [-0.15, -0.1) is 0 Å². The lowest BCUT2D eigenvalue weighted by Crippen LogP contribution is -2.32. The number of fused-ring (bicyclic) bond motifs is 1. The summed E-state index contributed by atoms with van der Waals surface area (Å²) in [6.07, 6.45) is 4.29. The van der Waals surface area contributed by atoms with E-state index in [-0.39, 0.29) is 23.7 Å². The first-order valence-electron chi connectivity index (χ1n) is 6.09. The van der Waals surface area contributed by atoms with E-state index in [0.717, 1.165) is 29.3 Å². The Morgan fingerprint density at radius 3 is 2.44 bits per heavy atom. The maximum absolute atomic E-state index is 12.2. The van der Waals surface area contributed by atoms with E-state index in [2.05, 4.69) is 20.9 Å². The van der Waals surface area contributed by atoms with Gasteiger partial charge in [0, 0.05) is 10.7 Å². The number of halogens is 1. The SMILES string of the molecule is Cc1cc(N2C(=O)C3CCCC3C2=O)ncc1Br. The van der Waals surface area contributed by atoms with Crippen LogP contribution in [0.25, 0.3) is 0 Å². The normalized spacial score (nSPS) is 26.9. The maximum atomic E-state index is 12.2. The molecule has 1 saturated carbocycles. The number of anilines is 1. The van der Waals surface area contributed by atoms with Crippen molar-refractivity contribution in [1.29, 1.82) is 0 Å². The summed E-state index contributed by atoms with van der Waals surface area (Å²) in [4.78, 5) is 30.0. The van der Waals surface area contributed by atoms with Gasteiger partial charge >= 0.3 is 0 Å². The highest BCUT2D eigenvalue weighted by molar-refractivity contribution is 9.10. The summed E-state index contributed by atoms with van der Waals surface area (Å²) < 4.78 is 0.880. The molecule has 0 aromatic carbocycles. The monoisotopic (exact) mass is 308 g/mol. The number of amides is 2. The van der Waals surface area contributed by atoms with Crippen LogP contribution in [0.3, 0.4) is 0 Å². The number of imide groups is 1. The van der Waals surface area contributed by atoms with Crippen LogP contribution in [0.15, 0.2) is 16.7 Å². The van der Waals surface area contributed by atoms with Gasteiger partial charge in [-0.1, -0.05) is 6.42 Å². The summed E-state index contributed by atoms with van der Waals surface area (Å²) in [5.74, 6) is 0.0973. The first kappa shape index (κ1) is 11.8. The molecule has 5 heteroatoms. The topological polar surface area (TPSA) is 50.3 Å². The molecule has 1 saturated heterocycles. The van der Waals surface area contributed by atoms with Crippen LogP contribution in [0.4, 0.5) is 5.82 Å². The van der Waals surface area contributed by atoms with Crippen molar-refractivity contribution in [3.05, 3.63) is 22.3 Å². The molecule has 0 radical (unpaired) electrons. The van der Waals surface area contributed by atoms with Gasteiger partial charge in [0.25, 0.3) is 0 Å². The highest BCUT2D eigenvalue weighted by Gasteiger charge is 2.50. The molecule has 18 heavy (non-hydrogen) atoms. The van der Waals surface area contributed by atoms with Crippen molar-refractivity contribution in [2.45, 2.75) is 26.2 Å². The highest BCUT2D eigenvalue weighted by Crippen LogP contribution is 2.41. The Balaban J connectivity index is 1.99. The second-order valence-electron chi connectivity index (χ2n) is 4.95. The molecule has 3 rings (SSSR count). The molecule has 2 amide bonds. The third kappa shape index (κ3) is 1.61. The Kier molecular flexibility index (Phi) is 2.73. The van der Waals surface area contributed by atoms with Crippen LogP contribution in [0, 0.1) is 18.8 Å². The summed E-state index contributed by atoms with van der Waals surface area (Å²) in [6.45, 7) is 1.92. The fraction of sp³-hybridized carbons (Fsp3) is 0.462. The Bertz CT molecular complexity index is 522. The van der Waals surface area contributed by atoms with Gasteiger partial charge in [0.1, 0.15) is 5.82 Å². The number of carbonyl (C=O) groups excluding carboxylic acids is 2. The largest absolute Gasteiger partial charge is 0.274 e. The zero-order chi connectivity index (χ0) is 12.9. The van der Waals surface area contributed by atoms with Gasteiger partial charge in [-0.2, -0.15) is 0 Å². The Hall–Kier alpha value is -1.23. The van der Waals surface area contributed by atoms with Crippen molar-refractivity contribution in [1.82, 2.24) is 4.98 Å². The molecular weight excluding hydrogens is 296 g/mol. The zero-order valence-electron chi connectivity index (χ0n) is 10.0. The average Bonchev–Trinajstić information content (AvgIpc) is 2.89. The van der Waals surface area contributed by atoms with Gasteiger partial charge in [-0.25, -0.2) is 9.88 Å². The van der Waals surface area contributed by atoms with Crippen LogP contribution < -0.4 is 4.90 Å². The highest BCUT2D eigenvalue weighted by atomic mass is 79.9. The molecule has 1 aliphatic carbocycles. The fourth-order valence-electron chi connectivity index (χ4n) is 2.86. The van der Waals surface area contributed by atoms with Crippen LogP contribution in [0.5, 0.6) is 0 Å². The van der Waals surface area contributed by atoms with Crippen molar-refractivity contribution in [2.75, 3.05) is 4.90 Å². The Morgan fingerprint density at radius 1 is 1.28 bits per heavy atom. The van der Waals surface area contributed by atoms with Crippen molar-refractivity contribution in [3.8, 4) is 0 Å². The second-order valence-corrected chi connectivity index (χ2v) is 5.80. The first-order chi connectivity index (χ1) is 8.59. The number of aromatic nitrogens is 1. The molecule has 94 valence electrons. The lowest BCUT2D eigenvalue weighted by Gasteiger charge is -2.15. The fourth-order valence-corrected chi connectivity index (χ4v) is 3.08. The minimum absolute atomic E-state index is 0.0725. The summed E-state index contributed by atoms with van der Waals surface area (Å²) >= 11 is 3.37. The van der Waals surface area contributed by atoms with E-state index in [1.807, 2.05) is 6.92 Å². The van der Waals surface area contributed by atoms with Gasteiger partial charge in [0.05, 0.1) is 11.8 Å². The van der Waals surface area contributed by atoms with Crippen LogP contribution in [0.1, 0.15) is 24.8 Å². The van der Waals surface area contributed by atoms with E-state index in [0.29, 0.717) is 5.82 Å². The van der Waals surface area contributed by atoms with Crippen molar-refractivity contribution in [2.24, 2.45) is 11.8 Å². The van der Waals surface area contributed by atoms with Crippen LogP contribution in [0.2, 0.25) is 0 Å². The second kappa shape index (κ2) is 4.16. The molecule has 1 aromatic heterocycles. The molecule has 2 unspecified atom stereocenters. The van der Waals surface area contributed by atoms with Crippen molar-refractivity contribution in [3.63, 3.8) is 0 Å². The molecular formula is C13H13BrN2O2. The number of carbonyl (C=O) groups is 2. The summed E-state index contributed by atoms with van der Waals surface area (Å²) in [6, 6.07) is 1.78. The number of rotatable bonds is 1. The summed E-state index contributed by atoms with van der Waals surface area (Å²) in [5, 5.41) is 0. The van der Waals surface area contributed by atoms with Gasteiger partial charge in [0.15, 0.2) is 0 Å². The van der Waals surface area contributed by atoms with E-state index in [9.17, 15) is 9.59 Å². The molecule has 1 aromatic rings. The number of hydrogen-bond acceptors (Lipinski definition) is 3. The zero-order valence-corrected chi connectivity index (χ0v) is 11.6. The Labute approximate surface area is 114 Å². The molecule has 4 nitrogen and oxygen atoms in total. The predicted molar refractivity (Wildman–Crippen MR) is 70.0 cm³/mol. The van der Waals surface area contributed by atoms with Crippen molar-refractivity contribution < 1.29 is 9.59 Å². The summed E-state index contributed by atoms with van der Waals surface area (Å²) in [5.41, 5.74) is 0.970. The maximum Gasteiger partial charge on any atom is 0.238 e. The number of aryl methyl sites for hydroxylation is 1. The molecule has 1 aliphatic heterocycles. The van der Waals surface area contributed by atoms with E-state index in [4.69, 9.17) is 0 Å². The summed E-state index contributed by atoms with van der Waals surface area (Å²) in [7, 11) is 0. The van der Waals surface area contributed by atoms with Crippen LogP contribution in [-0.4, -0.2) is 16.8 Å². The minimum Gasteiger partial charge on any atom is -0.274 e. The van der Waals surface area contributed by atoms with Crippen LogP contribution >= 0.6 is 15.9 Å². The molecule has 0 N–H and O–H groups in total. The standard InChI is InChI=1S/C13H13BrN2O2/c1-7-5-11(15-6-10(7)14)16-12(17)8-3-2-4-9(8)13(16)18/h5-6,8-9H,2-4H2,1H3. The number of pyridine rings is 1. The lowest BCUT2D eigenvalue weighted by atomic mass is 10.00. The number of hydrogen-bond donors (Lipinski definition) is 0. The molecule has 2 fully saturated rings. The predicted octanol–water partition coefficient (Wildman–Crippen LogP) is 2.44. The minimum atomic E-state index is -0.108. The number of nitrogens with zero attached hydrogens (tertiary/aromatic N) is 2. The average molecular weight is 309 g/mol. The lowest BCUT2D eigenvalue weighted by molar-refractivity contribution is -0.122. The molecule has 0 bridgehead atoms.